The molecular weight excluding hydrogens is 387 g/mol. The van der Waals surface area contributed by atoms with E-state index in [1.54, 1.807) is 26.0 Å². The number of anilines is 1. The average Bonchev–Trinajstić information content (AvgIpc) is 3.45. The van der Waals surface area contributed by atoms with Crippen LogP contribution in [0, 0.1) is 12.8 Å². The van der Waals surface area contributed by atoms with E-state index in [0.29, 0.717) is 17.1 Å². The van der Waals surface area contributed by atoms with E-state index in [1.165, 1.54) is 24.3 Å². The predicted molar refractivity (Wildman–Crippen MR) is 99.3 cm³/mol. The first-order valence-electron chi connectivity index (χ1n) is 9.07. The number of benzene rings is 1. The smallest absolute Gasteiger partial charge is 0.406 e. The third kappa shape index (κ3) is 5.94. The van der Waals surface area contributed by atoms with Crippen LogP contribution in [0.3, 0.4) is 0 Å². The molecule has 2 N–H and O–H groups in total. The Morgan fingerprint density at radius 3 is 2.59 bits per heavy atom. The van der Waals surface area contributed by atoms with E-state index in [2.05, 4.69) is 20.4 Å². The Morgan fingerprint density at radius 1 is 1.21 bits per heavy atom. The van der Waals surface area contributed by atoms with Crippen molar-refractivity contribution in [2.24, 2.45) is 5.92 Å². The summed E-state index contributed by atoms with van der Waals surface area (Å²) in [6.45, 7) is 3.35. The van der Waals surface area contributed by atoms with E-state index in [4.69, 9.17) is 0 Å². The van der Waals surface area contributed by atoms with Crippen LogP contribution >= 0.6 is 0 Å². The molecule has 0 saturated heterocycles. The van der Waals surface area contributed by atoms with Gasteiger partial charge in [0.05, 0.1) is 6.04 Å². The molecule has 0 bridgehead atoms. The van der Waals surface area contributed by atoms with Crippen molar-refractivity contribution in [3.8, 4) is 5.75 Å². The van der Waals surface area contributed by atoms with Gasteiger partial charge in [0.15, 0.2) is 0 Å². The third-order valence-electron chi connectivity index (χ3n) is 4.35. The van der Waals surface area contributed by atoms with Crippen LogP contribution in [-0.2, 0) is 4.79 Å². The zero-order chi connectivity index (χ0) is 21.2. The first-order valence-corrected chi connectivity index (χ1v) is 9.07. The molecule has 2 aromatic rings. The van der Waals surface area contributed by atoms with Gasteiger partial charge in [0.25, 0.3) is 5.91 Å². The van der Waals surface area contributed by atoms with Crippen LogP contribution in [0.5, 0.6) is 5.75 Å². The fraction of sp³-hybridized carbons (Fsp3) is 0.350. The molecule has 3 rings (SSSR count). The van der Waals surface area contributed by atoms with Gasteiger partial charge in [-0.15, -0.1) is 13.2 Å². The Morgan fingerprint density at radius 2 is 1.93 bits per heavy atom. The molecule has 1 aliphatic rings. The van der Waals surface area contributed by atoms with Crippen LogP contribution < -0.4 is 15.4 Å². The molecule has 29 heavy (non-hydrogen) atoms. The van der Waals surface area contributed by atoms with Crippen molar-refractivity contribution < 1.29 is 27.5 Å². The minimum absolute atomic E-state index is 0.000745. The van der Waals surface area contributed by atoms with Gasteiger partial charge in [0.1, 0.15) is 11.6 Å². The summed E-state index contributed by atoms with van der Waals surface area (Å²) in [6.07, 6.45) is -3.10. The first kappa shape index (κ1) is 20.6. The molecule has 9 heteroatoms. The summed E-state index contributed by atoms with van der Waals surface area (Å²) in [6, 6.07) is 7.88. The molecule has 1 fully saturated rings. The van der Waals surface area contributed by atoms with Gasteiger partial charge in [0, 0.05) is 17.2 Å². The highest BCUT2D eigenvalue weighted by Crippen LogP contribution is 2.30. The van der Waals surface area contributed by atoms with E-state index in [9.17, 15) is 22.8 Å². The molecule has 1 aliphatic carbocycles. The number of nitrogens with zero attached hydrogens (tertiary/aromatic N) is 1. The summed E-state index contributed by atoms with van der Waals surface area (Å²) in [5.74, 6) is -0.626. The van der Waals surface area contributed by atoms with Crippen molar-refractivity contribution in [2.75, 3.05) is 5.32 Å². The molecule has 1 unspecified atom stereocenters. The number of carbonyl (C=O) groups is 2. The maximum atomic E-state index is 12.6. The molecule has 154 valence electrons. The lowest BCUT2D eigenvalue weighted by Crippen LogP contribution is -2.27. The lowest BCUT2D eigenvalue weighted by molar-refractivity contribution is -0.274. The summed E-state index contributed by atoms with van der Waals surface area (Å²) in [5.41, 5.74) is 1.29. The quantitative estimate of drug-likeness (QED) is 0.755. The van der Waals surface area contributed by atoms with Crippen LogP contribution in [0.25, 0.3) is 0 Å². The van der Waals surface area contributed by atoms with E-state index in [0.717, 1.165) is 12.8 Å². The highest BCUT2D eigenvalue weighted by Gasteiger charge is 2.31. The fourth-order valence-electron chi connectivity index (χ4n) is 2.78. The van der Waals surface area contributed by atoms with Gasteiger partial charge in [-0.25, -0.2) is 4.98 Å². The van der Waals surface area contributed by atoms with Crippen molar-refractivity contribution in [1.82, 2.24) is 10.3 Å². The molecule has 0 spiro atoms. The summed E-state index contributed by atoms with van der Waals surface area (Å²) in [4.78, 5) is 28.7. The molecular formula is C20H20F3N3O3. The summed E-state index contributed by atoms with van der Waals surface area (Å²) in [5, 5.41) is 5.43. The molecule has 2 amide bonds. The van der Waals surface area contributed by atoms with E-state index >= 15 is 0 Å². The van der Waals surface area contributed by atoms with Crippen molar-refractivity contribution >= 4 is 17.6 Å². The zero-order valence-corrected chi connectivity index (χ0v) is 15.8. The number of aryl methyl sites for hydroxylation is 1. The van der Waals surface area contributed by atoms with E-state index < -0.39 is 18.3 Å². The van der Waals surface area contributed by atoms with Crippen molar-refractivity contribution in [3.05, 3.63) is 53.2 Å². The van der Waals surface area contributed by atoms with Gasteiger partial charge in [0.2, 0.25) is 5.91 Å². The number of halogens is 3. The lowest BCUT2D eigenvalue weighted by atomic mass is 10.1. The molecule has 1 aromatic heterocycles. The lowest BCUT2D eigenvalue weighted by Gasteiger charge is -2.17. The SMILES string of the molecule is Cc1cc(C(=O)NC(C)c2cccc(OC(F)(F)F)c2)cc(NC(=O)C2CC2)n1. The Hall–Kier alpha value is -3.10. The second-order valence-corrected chi connectivity index (χ2v) is 6.96. The summed E-state index contributed by atoms with van der Waals surface area (Å²) < 4.78 is 41.1. The molecule has 1 aromatic carbocycles. The van der Waals surface area contributed by atoms with Gasteiger partial charge in [-0.05, 0) is 56.5 Å². The van der Waals surface area contributed by atoms with Crippen LogP contribution in [0.4, 0.5) is 19.0 Å². The minimum atomic E-state index is -4.79. The van der Waals surface area contributed by atoms with Gasteiger partial charge in [-0.3, -0.25) is 9.59 Å². The molecule has 1 saturated carbocycles. The van der Waals surface area contributed by atoms with Crippen LogP contribution in [0.15, 0.2) is 36.4 Å². The minimum Gasteiger partial charge on any atom is -0.406 e. The Balaban J connectivity index is 1.70. The Kier molecular flexibility index (Phi) is 5.76. The summed E-state index contributed by atoms with van der Waals surface area (Å²) >= 11 is 0. The number of alkyl halides is 3. The highest BCUT2D eigenvalue weighted by molar-refractivity contribution is 5.97. The maximum Gasteiger partial charge on any atom is 0.573 e. The Labute approximate surface area is 165 Å². The molecule has 1 atom stereocenters. The predicted octanol–water partition coefficient (Wildman–Crippen LogP) is 4.13. The average molecular weight is 407 g/mol. The second kappa shape index (κ2) is 8.10. The molecule has 6 nitrogen and oxygen atoms in total. The number of pyridine rings is 1. The molecule has 0 aliphatic heterocycles. The first-order chi connectivity index (χ1) is 13.6. The number of amides is 2. The number of hydrogen-bond acceptors (Lipinski definition) is 4. The highest BCUT2D eigenvalue weighted by atomic mass is 19.4. The normalized spacial score (nSPS) is 14.8. The van der Waals surface area contributed by atoms with Crippen LogP contribution in [0.1, 0.15) is 47.4 Å². The van der Waals surface area contributed by atoms with Gasteiger partial charge in [-0.1, -0.05) is 12.1 Å². The van der Waals surface area contributed by atoms with Gasteiger partial charge in [-0.2, -0.15) is 0 Å². The van der Waals surface area contributed by atoms with Crippen LogP contribution in [-0.4, -0.2) is 23.2 Å². The number of rotatable bonds is 6. The topological polar surface area (TPSA) is 80.3 Å². The van der Waals surface area contributed by atoms with Crippen molar-refractivity contribution in [2.45, 2.75) is 39.1 Å². The number of nitrogens with one attached hydrogen (secondary N) is 2. The third-order valence-corrected chi connectivity index (χ3v) is 4.35. The number of hydrogen-bond donors (Lipinski definition) is 2. The largest absolute Gasteiger partial charge is 0.573 e. The van der Waals surface area contributed by atoms with Crippen LogP contribution in [0.2, 0.25) is 0 Å². The van der Waals surface area contributed by atoms with Crippen molar-refractivity contribution in [3.63, 3.8) is 0 Å². The van der Waals surface area contributed by atoms with E-state index in [-0.39, 0.29) is 23.1 Å². The van der Waals surface area contributed by atoms with Gasteiger partial charge >= 0.3 is 6.36 Å². The molecule has 0 radical (unpaired) electrons. The number of carbonyl (C=O) groups excluding carboxylic acids is 2. The van der Waals surface area contributed by atoms with Gasteiger partial charge < -0.3 is 15.4 Å². The standard InChI is InChI=1S/C20H20F3N3O3/c1-11-8-15(10-17(24-11)26-18(27)13-6-7-13)19(28)25-12(2)14-4-3-5-16(9-14)29-20(21,22)23/h3-5,8-10,12-13H,6-7H2,1-2H3,(H,25,28)(H,24,26,27). The summed E-state index contributed by atoms with van der Waals surface area (Å²) in [7, 11) is 0. The Bertz CT molecular complexity index is 927. The fourth-order valence-corrected chi connectivity index (χ4v) is 2.78. The van der Waals surface area contributed by atoms with Crippen molar-refractivity contribution in [1.29, 1.82) is 0 Å². The number of ether oxygens (including phenoxy) is 1. The maximum absolute atomic E-state index is 12.6. The number of aromatic nitrogens is 1. The molecule has 1 heterocycles. The monoisotopic (exact) mass is 407 g/mol. The zero-order valence-electron chi connectivity index (χ0n) is 15.8. The van der Waals surface area contributed by atoms with E-state index in [1.807, 2.05) is 0 Å². The second-order valence-electron chi connectivity index (χ2n) is 6.96.